The zero-order valence-electron chi connectivity index (χ0n) is 14.3. The van der Waals surface area contributed by atoms with Crippen molar-refractivity contribution in [2.45, 2.75) is 25.3 Å². The van der Waals surface area contributed by atoms with E-state index in [2.05, 4.69) is 24.4 Å². The Bertz CT molecular complexity index is 693. The Morgan fingerprint density at radius 2 is 2.00 bits per heavy atom. The molecule has 1 saturated heterocycles. The first-order valence-corrected chi connectivity index (χ1v) is 8.83. The van der Waals surface area contributed by atoms with Gasteiger partial charge in [0.05, 0.1) is 6.04 Å². The maximum Gasteiger partial charge on any atom is 0.223 e. The van der Waals surface area contributed by atoms with Crippen LogP contribution in [0.25, 0.3) is 0 Å². The van der Waals surface area contributed by atoms with Crippen molar-refractivity contribution >= 4 is 29.9 Å². The van der Waals surface area contributed by atoms with Crippen molar-refractivity contribution in [1.82, 2.24) is 10.2 Å². The van der Waals surface area contributed by atoms with Gasteiger partial charge in [0, 0.05) is 31.1 Å². The minimum Gasteiger partial charge on any atom is -0.333 e. The van der Waals surface area contributed by atoms with Crippen molar-refractivity contribution < 1.29 is 4.79 Å². The van der Waals surface area contributed by atoms with Crippen LogP contribution >= 0.6 is 24.0 Å². The molecule has 0 aliphatic carbocycles. The van der Waals surface area contributed by atoms with Crippen LogP contribution in [-0.2, 0) is 4.79 Å². The van der Waals surface area contributed by atoms with Gasteiger partial charge in [0.2, 0.25) is 5.91 Å². The van der Waals surface area contributed by atoms with Crippen molar-refractivity contribution in [1.29, 1.82) is 0 Å². The summed E-state index contributed by atoms with van der Waals surface area (Å²) in [6.07, 6.45) is 0.529. The third kappa shape index (κ3) is 4.97. The van der Waals surface area contributed by atoms with Gasteiger partial charge in [0.25, 0.3) is 0 Å². The van der Waals surface area contributed by atoms with Crippen molar-refractivity contribution in [2.24, 2.45) is 0 Å². The van der Waals surface area contributed by atoms with Gasteiger partial charge in [-0.25, -0.2) is 0 Å². The average Bonchev–Trinajstić information content (AvgIpc) is 2.62. The van der Waals surface area contributed by atoms with E-state index >= 15 is 0 Å². The summed E-state index contributed by atoms with van der Waals surface area (Å²) in [6.45, 7) is 4.45. The second-order valence-corrected chi connectivity index (χ2v) is 6.81. The smallest absolute Gasteiger partial charge is 0.223 e. The highest BCUT2D eigenvalue weighted by molar-refractivity contribution is 6.30. The molecular formula is C20H24Cl2N2O. The molecule has 2 aromatic carbocycles. The summed E-state index contributed by atoms with van der Waals surface area (Å²) in [5.74, 6) is 0.423. The standard InChI is InChI=1S/C20H23ClN2O.ClH/c1-15(16-6-3-2-4-7-16)12-20(24)23-11-10-22-14-19(23)17-8-5-9-18(21)13-17;/h2-9,13,15,19,22H,10-12,14H2,1H3;1H. The minimum absolute atomic E-state index is 0. The fourth-order valence-electron chi connectivity index (χ4n) is 3.29. The summed E-state index contributed by atoms with van der Waals surface area (Å²) in [7, 11) is 0. The van der Waals surface area contributed by atoms with Gasteiger partial charge in [-0.3, -0.25) is 4.79 Å². The van der Waals surface area contributed by atoms with Gasteiger partial charge in [0.15, 0.2) is 0 Å². The van der Waals surface area contributed by atoms with Crippen LogP contribution in [0.1, 0.15) is 36.4 Å². The largest absolute Gasteiger partial charge is 0.333 e. The first-order valence-electron chi connectivity index (χ1n) is 8.46. The Hall–Kier alpha value is -1.55. The van der Waals surface area contributed by atoms with Gasteiger partial charge in [-0.1, -0.05) is 61.0 Å². The maximum atomic E-state index is 12.9. The highest BCUT2D eigenvalue weighted by Gasteiger charge is 2.28. The number of nitrogens with zero attached hydrogens (tertiary/aromatic N) is 1. The van der Waals surface area contributed by atoms with E-state index in [9.17, 15) is 4.79 Å². The van der Waals surface area contributed by atoms with E-state index < -0.39 is 0 Å². The number of hydrogen-bond acceptors (Lipinski definition) is 2. The second-order valence-electron chi connectivity index (χ2n) is 6.38. The van der Waals surface area contributed by atoms with Gasteiger partial charge < -0.3 is 10.2 Å². The summed E-state index contributed by atoms with van der Waals surface area (Å²) in [5, 5.41) is 4.10. The third-order valence-corrected chi connectivity index (χ3v) is 4.88. The van der Waals surface area contributed by atoms with Crippen molar-refractivity contribution in [2.75, 3.05) is 19.6 Å². The number of rotatable bonds is 4. The van der Waals surface area contributed by atoms with Crippen molar-refractivity contribution in [3.8, 4) is 0 Å². The number of benzene rings is 2. The van der Waals surface area contributed by atoms with Crippen molar-refractivity contribution in [3.63, 3.8) is 0 Å². The SMILES string of the molecule is CC(CC(=O)N1CCNCC1c1cccc(Cl)c1)c1ccccc1.Cl. The molecule has 0 aromatic heterocycles. The Balaban J connectivity index is 0.00000225. The number of carbonyl (C=O) groups is 1. The first kappa shape index (κ1) is 19.8. The molecule has 2 unspecified atom stereocenters. The normalized spacial score (nSPS) is 18.3. The fourth-order valence-corrected chi connectivity index (χ4v) is 3.49. The first-order chi connectivity index (χ1) is 11.6. The number of piperazine rings is 1. The van der Waals surface area contributed by atoms with E-state index in [-0.39, 0.29) is 30.3 Å². The molecule has 1 heterocycles. The van der Waals surface area contributed by atoms with Gasteiger partial charge >= 0.3 is 0 Å². The molecule has 0 spiro atoms. The minimum atomic E-state index is 0. The quantitative estimate of drug-likeness (QED) is 0.853. The predicted octanol–water partition coefficient (Wildman–Crippen LogP) is 4.43. The Labute approximate surface area is 160 Å². The fraction of sp³-hybridized carbons (Fsp3) is 0.350. The topological polar surface area (TPSA) is 32.3 Å². The molecule has 0 saturated carbocycles. The Morgan fingerprint density at radius 3 is 2.72 bits per heavy atom. The van der Waals surface area contributed by atoms with E-state index in [0.29, 0.717) is 11.4 Å². The molecule has 2 atom stereocenters. The van der Waals surface area contributed by atoms with E-state index in [1.165, 1.54) is 5.56 Å². The lowest BCUT2D eigenvalue weighted by molar-refractivity contribution is -0.134. The zero-order chi connectivity index (χ0) is 16.9. The van der Waals surface area contributed by atoms with Crippen LogP contribution in [-0.4, -0.2) is 30.4 Å². The third-order valence-electron chi connectivity index (χ3n) is 4.65. The lowest BCUT2D eigenvalue weighted by Crippen LogP contribution is -2.48. The van der Waals surface area contributed by atoms with Gasteiger partial charge in [-0.2, -0.15) is 0 Å². The molecule has 2 aromatic rings. The molecule has 3 rings (SSSR count). The molecule has 3 nitrogen and oxygen atoms in total. The molecule has 1 N–H and O–H groups in total. The summed E-state index contributed by atoms with van der Waals surface area (Å²) in [6, 6.07) is 18.1. The van der Waals surface area contributed by atoms with Crippen LogP contribution in [0.2, 0.25) is 5.02 Å². The van der Waals surface area contributed by atoms with E-state index in [0.717, 1.165) is 25.2 Å². The van der Waals surface area contributed by atoms with Crippen LogP contribution in [0.15, 0.2) is 54.6 Å². The summed E-state index contributed by atoms with van der Waals surface area (Å²) >= 11 is 6.13. The number of hydrogen-bond donors (Lipinski definition) is 1. The molecule has 1 aliphatic heterocycles. The lowest BCUT2D eigenvalue weighted by Gasteiger charge is -2.37. The monoisotopic (exact) mass is 378 g/mol. The number of carbonyl (C=O) groups excluding carboxylic acids is 1. The van der Waals surface area contributed by atoms with E-state index in [4.69, 9.17) is 11.6 Å². The molecule has 25 heavy (non-hydrogen) atoms. The zero-order valence-corrected chi connectivity index (χ0v) is 15.9. The van der Waals surface area contributed by atoms with Gasteiger partial charge in [-0.15, -0.1) is 12.4 Å². The highest BCUT2D eigenvalue weighted by Crippen LogP contribution is 2.27. The van der Waals surface area contributed by atoms with Crippen LogP contribution in [0, 0.1) is 0 Å². The Kier molecular flexibility index (Phi) is 7.30. The van der Waals surface area contributed by atoms with E-state index in [1.807, 2.05) is 47.4 Å². The second kappa shape index (κ2) is 9.23. The summed E-state index contributed by atoms with van der Waals surface area (Å²) in [4.78, 5) is 14.9. The molecule has 1 amide bonds. The summed E-state index contributed by atoms with van der Waals surface area (Å²) in [5.41, 5.74) is 2.30. The molecule has 5 heteroatoms. The number of amides is 1. The van der Waals surface area contributed by atoms with Crippen LogP contribution in [0.5, 0.6) is 0 Å². The molecule has 1 fully saturated rings. The molecular weight excluding hydrogens is 355 g/mol. The maximum absolute atomic E-state index is 12.9. The molecule has 134 valence electrons. The van der Waals surface area contributed by atoms with Crippen LogP contribution in [0.3, 0.4) is 0 Å². The van der Waals surface area contributed by atoms with Crippen LogP contribution in [0.4, 0.5) is 0 Å². The Morgan fingerprint density at radius 1 is 1.24 bits per heavy atom. The van der Waals surface area contributed by atoms with Crippen molar-refractivity contribution in [3.05, 3.63) is 70.7 Å². The molecule has 0 radical (unpaired) electrons. The van der Waals surface area contributed by atoms with Gasteiger partial charge in [0.1, 0.15) is 0 Å². The number of halogens is 2. The molecule has 0 bridgehead atoms. The molecule has 1 aliphatic rings. The van der Waals surface area contributed by atoms with Crippen LogP contribution < -0.4 is 5.32 Å². The summed E-state index contributed by atoms with van der Waals surface area (Å²) < 4.78 is 0. The average molecular weight is 379 g/mol. The van der Waals surface area contributed by atoms with Gasteiger partial charge in [-0.05, 0) is 29.2 Å². The highest BCUT2D eigenvalue weighted by atomic mass is 35.5. The lowest BCUT2D eigenvalue weighted by atomic mass is 9.96. The predicted molar refractivity (Wildman–Crippen MR) is 105 cm³/mol. The van der Waals surface area contributed by atoms with E-state index in [1.54, 1.807) is 0 Å². The number of nitrogens with one attached hydrogen (secondary N) is 1.